The molecule has 154 valence electrons. The maximum Gasteiger partial charge on any atom is 0.207 e. The summed E-state index contributed by atoms with van der Waals surface area (Å²) >= 11 is 0. The minimum atomic E-state index is -1.94. The number of rotatable bonds is 3. The summed E-state index contributed by atoms with van der Waals surface area (Å²) in [5, 5.41) is 9.89. The largest absolute Gasteiger partial charge is 0.362 e. The molecular formula is C23H33FN2O2. The summed E-state index contributed by atoms with van der Waals surface area (Å²) in [6.45, 7) is 2.82. The first-order valence-corrected chi connectivity index (χ1v) is 11.3. The van der Waals surface area contributed by atoms with Crippen molar-refractivity contribution < 1.29 is 14.3 Å². The van der Waals surface area contributed by atoms with Crippen molar-refractivity contribution in [3.63, 3.8) is 0 Å². The molecule has 0 spiro atoms. The number of ketones is 1. The summed E-state index contributed by atoms with van der Waals surface area (Å²) in [4.78, 5) is 17.2. The average Bonchev–Trinajstić information content (AvgIpc) is 3.27. The van der Waals surface area contributed by atoms with Crippen molar-refractivity contribution in [1.29, 1.82) is 0 Å². The molecular weight excluding hydrogens is 355 g/mol. The number of aliphatic hydroxyl groups is 1. The van der Waals surface area contributed by atoms with Gasteiger partial charge in [-0.3, -0.25) is 4.79 Å². The molecule has 4 saturated carbocycles. The normalized spacial score (nSPS) is 47.8. The molecule has 1 heterocycles. The molecule has 0 aromatic carbocycles. The summed E-state index contributed by atoms with van der Waals surface area (Å²) in [6, 6.07) is 0. The lowest BCUT2D eigenvalue weighted by Crippen LogP contribution is -2.51. The molecule has 0 radical (unpaired) electrons. The third-order valence-electron chi connectivity index (χ3n) is 9.24. The zero-order valence-electron chi connectivity index (χ0n) is 16.9. The molecule has 8 atom stereocenters. The maximum absolute atomic E-state index is 14.1. The highest BCUT2D eigenvalue weighted by atomic mass is 19.2. The number of aromatic nitrogens is 2. The minimum Gasteiger partial charge on any atom is -0.362 e. The van der Waals surface area contributed by atoms with E-state index in [0.717, 1.165) is 32.1 Å². The van der Waals surface area contributed by atoms with Gasteiger partial charge < -0.3 is 9.67 Å². The van der Waals surface area contributed by atoms with Crippen LogP contribution in [0.1, 0.15) is 64.7 Å². The Morgan fingerprint density at radius 1 is 1.14 bits per heavy atom. The molecule has 28 heavy (non-hydrogen) atoms. The molecule has 5 heteroatoms. The van der Waals surface area contributed by atoms with Crippen molar-refractivity contribution in [3.8, 4) is 0 Å². The Bertz CT molecular complexity index is 733. The number of carbonyl (C=O) groups is 1. The van der Waals surface area contributed by atoms with Gasteiger partial charge in [0, 0.05) is 31.2 Å². The lowest BCUT2D eigenvalue weighted by atomic mass is 9.49. The Morgan fingerprint density at radius 2 is 1.96 bits per heavy atom. The van der Waals surface area contributed by atoms with Gasteiger partial charge in [-0.25, -0.2) is 9.37 Å². The number of halogens is 1. The van der Waals surface area contributed by atoms with E-state index in [1.54, 1.807) is 12.5 Å². The standard InChI is InChI=1S/C23H33FN2O2/c1-22-8-6-17-16-7-9-23(24,28)12-15(16)2-3-18(17)19(22)4-5-20(22)21(27)13-26-11-10-25-14-26/h10-11,14-20,28H,2-9,12-13H2,1H3/t15-,16-,17+,18+,19-,20+,22-,23+/m0/s1. The van der Waals surface area contributed by atoms with Gasteiger partial charge in [0.2, 0.25) is 5.85 Å². The quantitative estimate of drug-likeness (QED) is 0.836. The van der Waals surface area contributed by atoms with Crippen LogP contribution in [0.3, 0.4) is 0 Å². The van der Waals surface area contributed by atoms with Crippen LogP contribution in [-0.2, 0) is 11.3 Å². The molecule has 0 saturated heterocycles. The lowest BCUT2D eigenvalue weighted by Gasteiger charge is -2.56. The number of fused-ring (bicyclic) bond motifs is 5. The molecule has 4 aliphatic rings. The predicted molar refractivity (Wildman–Crippen MR) is 104 cm³/mol. The fraction of sp³-hybridized carbons (Fsp3) is 0.826. The molecule has 4 aliphatic carbocycles. The van der Waals surface area contributed by atoms with E-state index < -0.39 is 5.85 Å². The fourth-order valence-electron chi connectivity index (χ4n) is 8.03. The monoisotopic (exact) mass is 388 g/mol. The Hall–Kier alpha value is -1.23. The van der Waals surface area contributed by atoms with Gasteiger partial charge in [0.05, 0.1) is 12.9 Å². The van der Waals surface area contributed by atoms with Crippen LogP contribution in [0, 0.1) is 40.9 Å². The molecule has 4 nitrogen and oxygen atoms in total. The van der Waals surface area contributed by atoms with Crippen LogP contribution in [0.5, 0.6) is 0 Å². The van der Waals surface area contributed by atoms with E-state index in [1.807, 2.05) is 10.8 Å². The van der Waals surface area contributed by atoms with Gasteiger partial charge in [-0.1, -0.05) is 6.92 Å². The summed E-state index contributed by atoms with van der Waals surface area (Å²) in [6.07, 6.45) is 13.5. The summed E-state index contributed by atoms with van der Waals surface area (Å²) in [5.74, 6) is 1.54. The van der Waals surface area contributed by atoms with Gasteiger partial charge in [0.25, 0.3) is 0 Å². The number of hydrogen-bond acceptors (Lipinski definition) is 3. The summed E-state index contributed by atoms with van der Waals surface area (Å²) in [7, 11) is 0. The average molecular weight is 389 g/mol. The smallest absolute Gasteiger partial charge is 0.207 e. The molecule has 0 amide bonds. The lowest BCUT2D eigenvalue weighted by molar-refractivity contribution is -0.165. The molecule has 0 unspecified atom stereocenters. The first kappa shape index (κ1) is 18.8. The first-order chi connectivity index (χ1) is 13.4. The van der Waals surface area contributed by atoms with Crippen molar-refractivity contribution in [3.05, 3.63) is 18.7 Å². The van der Waals surface area contributed by atoms with Crippen LogP contribution < -0.4 is 0 Å². The van der Waals surface area contributed by atoms with Gasteiger partial charge in [-0.2, -0.15) is 0 Å². The molecule has 1 N–H and O–H groups in total. The Kier molecular flexibility index (Phi) is 4.46. The maximum atomic E-state index is 14.1. The highest BCUT2D eigenvalue weighted by molar-refractivity contribution is 5.82. The first-order valence-electron chi connectivity index (χ1n) is 11.3. The molecule has 0 aliphatic heterocycles. The third-order valence-corrected chi connectivity index (χ3v) is 9.24. The topological polar surface area (TPSA) is 55.1 Å². The fourth-order valence-corrected chi connectivity index (χ4v) is 8.03. The number of Topliss-reactive ketones (excluding diaryl/α,β-unsaturated/α-hetero) is 1. The summed E-state index contributed by atoms with van der Waals surface area (Å²) < 4.78 is 16.0. The highest BCUT2D eigenvalue weighted by Gasteiger charge is 2.59. The van der Waals surface area contributed by atoms with Gasteiger partial charge in [-0.15, -0.1) is 0 Å². The predicted octanol–water partition coefficient (Wildman–Crippen LogP) is 4.38. The van der Waals surface area contributed by atoms with Crippen LogP contribution in [0.15, 0.2) is 18.7 Å². The molecule has 4 fully saturated rings. The molecule has 0 bridgehead atoms. The second-order valence-electron chi connectivity index (χ2n) is 10.5. The third kappa shape index (κ3) is 2.96. The highest BCUT2D eigenvalue weighted by Crippen LogP contribution is 2.64. The van der Waals surface area contributed by atoms with E-state index >= 15 is 0 Å². The van der Waals surface area contributed by atoms with Crippen LogP contribution in [0.4, 0.5) is 4.39 Å². The van der Waals surface area contributed by atoms with Crippen molar-refractivity contribution in [2.45, 2.75) is 77.1 Å². The van der Waals surface area contributed by atoms with Gasteiger partial charge >= 0.3 is 0 Å². The number of nitrogens with zero attached hydrogens (tertiary/aromatic N) is 2. The van der Waals surface area contributed by atoms with Crippen molar-refractivity contribution >= 4 is 5.78 Å². The van der Waals surface area contributed by atoms with E-state index in [-0.39, 0.29) is 11.3 Å². The zero-order chi connectivity index (χ0) is 19.5. The second-order valence-corrected chi connectivity index (χ2v) is 10.5. The van der Waals surface area contributed by atoms with Crippen LogP contribution in [-0.4, -0.2) is 26.3 Å². The van der Waals surface area contributed by atoms with Crippen LogP contribution >= 0.6 is 0 Å². The van der Waals surface area contributed by atoms with E-state index in [4.69, 9.17) is 0 Å². The number of alkyl halides is 1. The Morgan fingerprint density at radius 3 is 2.75 bits per heavy atom. The molecule has 1 aromatic heterocycles. The Balaban J connectivity index is 1.32. The Labute approximate surface area is 166 Å². The van der Waals surface area contributed by atoms with E-state index in [9.17, 15) is 14.3 Å². The van der Waals surface area contributed by atoms with E-state index in [0.29, 0.717) is 54.8 Å². The van der Waals surface area contributed by atoms with Crippen LogP contribution in [0.25, 0.3) is 0 Å². The number of hydrogen-bond donors (Lipinski definition) is 1. The molecule has 1 aromatic rings. The van der Waals surface area contributed by atoms with Gasteiger partial charge in [0.1, 0.15) is 0 Å². The SMILES string of the molecule is C[C@]12CC[C@H]3[C@@H](CC[C@H]4C[C@@](O)(F)CC[C@@H]43)[C@@H]1CC[C@@H]2C(=O)Cn1ccnc1. The van der Waals surface area contributed by atoms with Crippen molar-refractivity contribution in [2.75, 3.05) is 0 Å². The van der Waals surface area contributed by atoms with E-state index in [2.05, 4.69) is 11.9 Å². The van der Waals surface area contributed by atoms with Gasteiger partial charge in [0.15, 0.2) is 5.78 Å². The zero-order valence-corrected chi connectivity index (χ0v) is 16.9. The van der Waals surface area contributed by atoms with Gasteiger partial charge in [-0.05, 0) is 80.0 Å². The number of carbonyl (C=O) groups excluding carboxylic acids is 1. The summed E-state index contributed by atoms with van der Waals surface area (Å²) in [5.41, 5.74) is 0.126. The van der Waals surface area contributed by atoms with Crippen LogP contribution in [0.2, 0.25) is 0 Å². The van der Waals surface area contributed by atoms with E-state index in [1.165, 1.54) is 12.8 Å². The number of imidazole rings is 1. The van der Waals surface area contributed by atoms with Crippen molar-refractivity contribution in [1.82, 2.24) is 9.55 Å². The van der Waals surface area contributed by atoms with Crippen molar-refractivity contribution in [2.24, 2.45) is 40.9 Å². The minimum absolute atomic E-state index is 0.126. The second kappa shape index (κ2) is 6.65. The molecule has 5 rings (SSSR count).